The predicted molar refractivity (Wildman–Crippen MR) is 149 cm³/mol. The van der Waals surface area contributed by atoms with Crippen molar-refractivity contribution in [3.8, 4) is 22.6 Å². The molecule has 208 valence electrons. The Labute approximate surface area is 232 Å². The predicted octanol–water partition coefficient (Wildman–Crippen LogP) is 0.669. The number of aryl methyl sites for hydroxylation is 1. The van der Waals surface area contributed by atoms with Crippen LogP contribution < -0.4 is 20.7 Å². The van der Waals surface area contributed by atoms with Crippen LogP contribution in [0.3, 0.4) is 0 Å². The van der Waals surface area contributed by atoms with E-state index in [4.69, 9.17) is 9.26 Å². The van der Waals surface area contributed by atoms with E-state index in [0.717, 1.165) is 29.7 Å². The number of hydrogen-bond acceptors (Lipinski definition) is 7. The molecule has 2 aromatic carbocycles. The van der Waals surface area contributed by atoms with Gasteiger partial charge in [-0.15, -0.1) is 0 Å². The lowest BCUT2D eigenvalue weighted by atomic mass is 10.1. The SMILES string of the molecule is Cc1nc(-c2ccc(-c3ccc(=O)n(Cc4cccc(NC(=O)OCCC[NH+]5CC[NH+](C)CC5)c4)n3)cc2)no1. The Kier molecular flexibility index (Phi) is 8.62. The zero-order chi connectivity index (χ0) is 27.9. The number of ether oxygens (including phenoxy) is 1. The van der Waals surface area contributed by atoms with Crippen LogP contribution in [0.4, 0.5) is 10.5 Å². The lowest BCUT2D eigenvalue weighted by Crippen LogP contribution is -3.27. The largest absolute Gasteiger partial charge is 0.449 e. The maximum Gasteiger partial charge on any atom is 0.411 e. The van der Waals surface area contributed by atoms with Gasteiger partial charge in [0.25, 0.3) is 5.56 Å². The van der Waals surface area contributed by atoms with Crippen LogP contribution in [0.2, 0.25) is 0 Å². The van der Waals surface area contributed by atoms with Gasteiger partial charge in [-0.2, -0.15) is 10.1 Å². The van der Waals surface area contributed by atoms with Gasteiger partial charge >= 0.3 is 6.09 Å². The Bertz CT molecular complexity index is 1490. The molecule has 3 heterocycles. The van der Waals surface area contributed by atoms with Gasteiger partial charge in [-0.3, -0.25) is 10.1 Å². The van der Waals surface area contributed by atoms with Crippen LogP contribution in [0.5, 0.6) is 0 Å². The number of nitrogens with one attached hydrogen (secondary N) is 3. The Morgan fingerprint density at radius 1 is 1.05 bits per heavy atom. The molecule has 1 saturated heterocycles. The zero-order valence-electron chi connectivity index (χ0n) is 22.9. The van der Waals surface area contributed by atoms with Gasteiger partial charge in [0, 0.05) is 36.2 Å². The van der Waals surface area contributed by atoms with Gasteiger partial charge in [-0.05, 0) is 23.8 Å². The molecule has 1 aliphatic rings. The first-order valence-corrected chi connectivity index (χ1v) is 13.6. The van der Waals surface area contributed by atoms with Crippen molar-refractivity contribution in [3.05, 3.63) is 82.5 Å². The molecule has 0 radical (unpaired) electrons. The fourth-order valence-electron chi connectivity index (χ4n) is 4.76. The molecular weight excluding hydrogens is 510 g/mol. The smallest absolute Gasteiger partial charge is 0.411 e. The summed E-state index contributed by atoms with van der Waals surface area (Å²) in [5.74, 6) is 1.02. The Morgan fingerprint density at radius 2 is 1.82 bits per heavy atom. The fraction of sp³-hybridized carbons (Fsp3) is 0.345. The van der Waals surface area contributed by atoms with E-state index in [0.29, 0.717) is 29.7 Å². The number of amides is 1. The van der Waals surface area contributed by atoms with E-state index in [9.17, 15) is 9.59 Å². The maximum absolute atomic E-state index is 12.6. The van der Waals surface area contributed by atoms with Gasteiger partial charge in [0.15, 0.2) is 0 Å². The number of quaternary nitrogens is 2. The van der Waals surface area contributed by atoms with E-state index < -0.39 is 6.09 Å². The highest BCUT2D eigenvalue weighted by Crippen LogP contribution is 2.21. The van der Waals surface area contributed by atoms with Crippen molar-refractivity contribution in [1.29, 1.82) is 0 Å². The van der Waals surface area contributed by atoms with Crippen LogP contribution >= 0.6 is 0 Å². The van der Waals surface area contributed by atoms with E-state index in [1.165, 1.54) is 36.9 Å². The minimum absolute atomic E-state index is 0.218. The lowest BCUT2D eigenvalue weighted by molar-refractivity contribution is -1.00. The maximum atomic E-state index is 12.6. The highest BCUT2D eigenvalue weighted by atomic mass is 16.5. The number of aromatic nitrogens is 4. The van der Waals surface area contributed by atoms with Gasteiger partial charge < -0.3 is 19.1 Å². The van der Waals surface area contributed by atoms with Crippen LogP contribution in [0.25, 0.3) is 22.6 Å². The summed E-state index contributed by atoms with van der Waals surface area (Å²) >= 11 is 0. The lowest BCUT2D eigenvalue weighted by Gasteiger charge is -2.27. The van der Waals surface area contributed by atoms with Crippen molar-refractivity contribution in [1.82, 2.24) is 19.9 Å². The van der Waals surface area contributed by atoms with Gasteiger partial charge in [0.1, 0.15) is 26.2 Å². The quantitative estimate of drug-likeness (QED) is 0.265. The third-order valence-electron chi connectivity index (χ3n) is 7.06. The number of piperazine rings is 1. The third-order valence-corrected chi connectivity index (χ3v) is 7.06. The van der Waals surface area contributed by atoms with Gasteiger partial charge in [0.05, 0.1) is 32.4 Å². The summed E-state index contributed by atoms with van der Waals surface area (Å²) in [6.07, 6.45) is 0.360. The second-order valence-corrected chi connectivity index (χ2v) is 10.2. The molecule has 3 N–H and O–H groups in total. The van der Waals surface area contributed by atoms with Crippen LogP contribution in [-0.2, 0) is 11.3 Å². The molecular formula is C29H35N7O4+2. The van der Waals surface area contributed by atoms with Crippen molar-refractivity contribution in [2.45, 2.75) is 19.9 Å². The van der Waals surface area contributed by atoms with Gasteiger partial charge in [0.2, 0.25) is 11.7 Å². The summed E-state index contributed by atoms with van der Waals surface area (Å²) in [7, 11) is 2.23. The molecule has 1 aliphatic heterocycles. The summed E-state index contributed by atoms with van der Waals surface area (Å²) in [4.78, 5) is 32.3. The molecule has 1 amide bonds. The normalized spacial score (nSPS) is 16.9. The number of benzene rings is 2. The summed E-state index contributed by atoms with van der Waals surface area (Å²) < 4.78 is 11.8. The molecule has 0 aliphatic carbocycles. The molecule has 40 heavy (non-hydrogen) atoms. The highest BCUT2D eigenvalue weighted by Gasteiger charge is 2.19. The molecule has 2 aromatic heterocycles. The summed E-state index contributed by atoms with van der Waals surface area (Å²) in [6, 6.07) is 18.1. The first kappa shape index (κ1) is 27.2. The molecule has 11 heteroatoms. The number of hydrogen-bond donors (Lipinski definition) is 3. The Balaban J connectivity index is 1.16. The Morgan fingerprint density at radius 3 is 2.58 bits per heavy atom. The monoisotopic (exact) mass is 545 g/mol. The fourth-order valence-corrected chi connectivity index (χ4v) is 4.76. The van der Waals surface area contributed by atoms with Crippen LogP contribution in [-0.4, -0.2) is 72.4 Å². The van der Waals surface area contributed by atoms with Crippen LogP contribution in [0.1, 0.15) is 17.9 Å². The number of likely N-dealkylation sites (N-methyl/N-ethyl adjacent to an activating group) is 1. The molecule has 0 atom stereocenters. The number of rotatable bonds is 9. The number of carbonyl (C=O) groups excluding carboxylic acids is 1. The minimum Gasteiger partial charge on any atom is -0.449 e. The van der Waals surface area contributed by atoms with Crippen molar-refractivity contribution in [2.75, 3.05) is 51.7 Å². The van der Waals surface area contributed by atoms with Crippen molar-refractivity contribution in [2.24, 2.45) is 0 Å². The van der Waals surface area contributed by atoms with Crippen molar-refractivity contribution >= 4 is 11.8 Å². The molecule has 0 saturated carbocycles. The van der Waals surface area contributed by atoms with E-state index >= 15 is 0 Å². The van der Waals surface area contributed by atoms with Crippen LogP contribution in [0.15, 0.2) is 70.0 Å². The van der Waals surface area contributed by atoms with E-state index in [2.05, 4.69) is 27.6 Å². The second-order valence-electron chi connectivity index (χ2n) is 10.2. The number of nitrogens with zero attached hydrogens (tertiary/aromatic N) is 4. The highest BCUT2D eigenvalue weighted by molar-refractivity contribution is 5.84. The standard InChI is InChI=1S/C29H33N7O4/c1-21-30-28(33-40-21)24-9-7-23(8-10-24)26-11-12-27(37)36(32-26)20-22-5-3-6-25(19-22)31-29(38)39-18-4-13-35-16-14-34(2)15-17-35/h3,5-12,19H,4,13-18,20H2,1-2H3,(H,31,38)/p+2. The topological polar surface area (TPSA) is 121 Å². The third kappa shape index (κ3) is 7.19. The summed E-state index contributed by atoms with van der Waals surface area (Å²) in [5, 5.41) is 11.3. The Hall–Kier alpha value is -4.35. The molecule has 0 bridgehead atoms. The van der Waals surface area contributed by atoms with Crippen molar-refractivity contribution < 1.29 is 23.9 Å². The molecule has 11 nitrogen and oxygen atoms in total. The van der Waals surface area contributed by atoms with Crippen LogP contribution in [0, 0.1) is 6.92 Å². The first-order valence-electron chi connectivity index (χ1n) is 13.6. The van der Waals surface area contributed by atoms with E-state index in [-0.39, 0.29) is 12.1 Å². The minimum atomic E-state index is -0.480. The first-order chi connectivity index (χ1) is 19.4. The average Bonchev–Trinajstić information content (AvgIpc) is 3.40. The second kappa shape index (κ2) is 12.7. The zero-order valence-corrected chi connectivity index (χ0v) is 22.9. The number of carbonyl (C=O) groups is 1. The molecule has 0 unspecified atom stereocenters. The average molecular weight is 546 g/mol. The van der Waals surface area contributed by atoms with Gasteiger partial charge in [-0.25, -0.2) is 9.48 Å². The van der Waals surface area contributed by atoms with Gasteiger partial charge in [-0.1, -0.05) is 41.6 Å². The summed E-state index contributed by atoms with van der Waals surface area (Å²) in [5.41, 5.74) is 3.55. The molecule has 0 spiro atoms. The molecule has 4 aromatic rings. The summed E-state index contributed by atoms with van der Waals surface area (Å²) in [6.45, 7) is 8.11. The van der Waals surface area contributed by atoms with E-state index in [1.54, 1.807) is 28.9 Å². The van der Waals surface area contributed by atoms with E-state index in [1.807, 2.05) is 42.5 Å². The van der Waals surface area contributed by atoms with Crippen molar-refractivity contribution in [3.63, 3.8) is 0 Å². The molecule has 1 fully saturated rings. The molecule has 5 rings (SSSR count). The number of anilines is 1.